The second-order valence-electron chi connectivity index (χ2n) is 6.61. The molecule has 1 amide bonds. The number of ether oxygens (including phenoxy) is 1. The Labute approximate surface area is 135 Å². The fourth-order valence-corrected chi connectivity index (χ4v) is 2.52. The molecule has 0 radical (unpaired) electrons. The van der Waals surface area contributed by atoms with Crippen LogP contribution >= 0.6 is 0 Å². The van der Waals surface area contributed by atoms with E-state index in [0.717, 1.165) is 5.56 Å². The molecule has 3 rings (SSSR count). The summed E-state index contributed by atoms with van der Waals surface area (Å²) in [7, 11) is 0. The number of carbonyl (C=O) groups is 1. The summed E-state index contributed by atoms with van der Waals surface area (Å²) in [6.45, 7) is 6.14. The molecule has 0 saturated heterocycles. The Kier molecular flexibility index (Phi) is 3.94. The van der Waals surface area contributed by atoms with E-state index in [1.54, 1.807) is 0 Å². The molecule has 0 aromatic heterocycles. The first-order valence-corrected chi connectivity index (χ1v) is 7.71. The lowest BCUT2D eigenvalue weighted by molar-refractivity contribution is 0.0562. The third-order valence-electron chi connectivity index (χ3n) is 3.53. The Hall–Kier alpha value is -2.56. The maximum atomic E-state index is 11.8. The van der Waals surface area contributed by atoms with Crippen LogP contribution in [-0.4, -0.2) is 24.2 Å². The molecule has 0 fully saturated rings. The highest BCUT2D eigenvalue weighted by molar-refractivity contribution is 5.95. The number of hydrogen-bond acceptors (Lipinski definition) is 4. The molecule has 23 heavy (non-hydrogen) atoms. The molecule has 120 valence electrons. The largest absolute Gasteiger partial charge is 0.444 e. The van der Waals surface area contributed by atoms with Crippen LogP contribution in [0.2, 0.25) is 0 Å². The van der Waals surface area contributed by atoms with Crippen molar-refractivity contribution in [2.24, 2.45) is 4.99 Å². The van der Waals surface area contributed by atoms with Crippen molar-refractivity contribution in [2.45, 2.75) is 32.4 Å². The van der Waals surface area contributed by atoms with E-state index in [0.29, 0.717) is 12.5 Å². The van der Waals surface area contributed by atoms with Crippen molar-refractivity contribution in [3.05, 3.63) is 48.0 Å². The van der Waals surface area contributed by atoms with Crippen molar-refractivity contribution >= 4 is 22.8 Å². The summed E-state index contributed by atoms with van der Waals surface area (Å²) < 4.78 is 5.23. The number of benzene rings is 2. The zero-order chi connectivity index (χ0) is 16.4. The summed E-state index contributed by atoms with van der Waals surface area (Å²) in [5.41, 5.74) is 0.596. The van der Waals surface area contributed by atoms with Gasteiger partial charge >= 0.3 is 6.09 Å². The Morgan fingerprint density at radius 1 is 1.22 bits per heavy atom. The Bertz CT molecular complexity index is 762. The quantitative estimate of drug-likeness (QED) is 0.849. The lowest BCUT2D eigenvalue weighted by Crippen LogP contribution is -2.41. The van der Waals surface area contributed by atoms with Crippen LogP contribution in [0.5, 0.6) is 0 Å². The molecule has 2 N–H and O–H groups in total. The Morgan fingerprint density at radius 3 is 2.70 bits per heavy atom. The second-order valence-corrected chi connectivity index (χ2v) is 6.61. The SMILES string of the molecule is CC(C)(C)OC(=O)NC1=NC(c2ccc3ccccc3c2)CN1. The molecule has 1 heterocycles. The van der Waals surface area contributed by atoms with Crippen LogP contribution in [0.1, 0.15) is 32.4 Å². The van der Waals surface area contributed by atoms with Crippen molar-refractivity contribution in [1.82, 2.24) is 10.6 Å². The van der Waals surface area contributed by atoms with Crippen molar-refractivity contribution in [1.29, 1.82) is 0 Å². The molecule has 2 aromatic rings. The molecule has 5 heteroatoms. The van der Waals surface area contributed by atoms with Crippen LogP contribution in [0.25, 0.3) is 10.8 Å². The van der Waals surface area contributed by atoms with Gasteiger partial charge in [-0.3, -0.25) is 5.32 Å². The van der Waals surface area contributed by atoms with Gasteiger partial charge in [-0.15, -0.1) is 0 Å². The van der Waals surface area contributed by atoms with Gasteiger partial charge in [-0.05, 0) is 43.2 Å². The summed E-state index contributed by atoms with van der Waals surface area (Å²) in [6, 6.07) is 14.5. The number of alkyl carbamates (subject to hydrolysis) is 1. The molecule has 1 unspecified atom stereocenters. The van der Waals surface area contributed by atoms with E-state index in [4.69, 9.17) is 4.74 Å². The number of nitrogens with one attached hydrogen (secondary N) is 2. The van der Waals surface area contributed by atoms with Crippen molar-refractivity contribution in [2.75, 3.05) is 6.54 Å². The van der Waals surface area contributed by atoms with E-state index in [1.807, 2.05) is 32.9 Å². The maximum absolute atomic E-state index is 11.8. The topological polar surface area (TPSA) is 62.7 Å². The second kappa shape index (κ2) is 5.91. The van der Waals surface area contributed by atoms with Gasteiger partial charge in [0.05, 0.1) is 6.04 Å². The number of guanidine groups is 1. The summed E-state index contributed by atoms with van der Waals surface area (Å²) in [5, 5.41) is 8.15. The Balaban J connectivity index is 1.72. The van der Waals surface area contributed by atoms with Gasteiger partial charge in [0.2, 0.25) is 5.96 Å². The van der Waals surface area contributed by atoms with E-state index in [-0.39, 0.29) is 6.04 Å². The van der Waals surface area contributed by atoms with E-state index >= 15 is 0 Å². The molecule has 1 aliphatic heterocycles. The molecular formula is C18H21N3O2. The predicted molar refractivity (Wildman–Crippen MR) is 91.5 cm³/mol. The number of carbonyl (C=O) groups excluding carboxylic acids is 1. The molecule has 2 aromatic carbocycles. The average molecular weight is 311 g/mol. The number of hydrogen-bond donors (Lipinski definition) is 2. The highest BCUT2D eigenvalue weighted by Crippen LogP contribution is 2.24. The highest BCUT2D eigenvalue weighted by Gasteiger charge is 2.22. The standard InChI is InChI=1S/C18H21N3O2/c1-18(2,3)23-17(22)21-16-19-11-15(20-16)14-9-8-12-6-4-5-7-13(12)10-14/h4-10,15H,11H2,1-3H3,(H2,19,20,21,22). The van der Waals surface area contributed by atoms with Gasteiger partial charge in [0.15, 0.2) is 0 Å². The van der Waals surface area contributed by atoms with E-state index in [2.05, 4.69) is 46.0 Å². The summed E-state index contributed by atoms with van der Waals surface area (Å²) in [5.74, 6) is 0.456. The number of aliphatic imine (C=N–C) groups is 1. The number of amides is 1. The molecule has 5 nitrogen and oxygen atoms in total. The smallest absolute Gasteiger partial charge is 0.414 e. The Morgan fingerprint density at radius 2 is 1.96 bits per heavy atom. The van der Waals surface area contributed by atoms with Crippen LogP contribution in [0.4, 0.5) is 4.79 Å². The van der Waals surface area contributed by atoms with Crippen LogP contribution in [-0.2, 0) is 4.74 Å². The van der Waals surface area contributed by atoms with Crippen molar-refractivity contribution in [3.8, 4) is 0 Å². The van der Waals surface area contributed by atoms with Crippen LogP contribution < -0.4 is 10.6 Å². The van der Waals surface area contributed by atoms with Gasteiger partial charge in [0.25, 0.3) is 0 Å². The number of nitrogens with zero attached hydrogens (tertiary/aromatic N) is 1. The van der Waals surface area contributed by atoms with Gasteiger partial charge in [-0.1, -0.05) is 36.4 Å². The van der Waals surface area contributed by atoms with Gasteiger partial charge in [0, 0.05) is 6.54 Å². The summed E-state index contributed by atoms with van der Waals surface area (Å²) >= 11 is 0. The van der Waals surface area contributed by atoms with Crippen LogP contribution in [0, 0.1) is 0 Å². The molecule has 0 bridgehead atoms. The van der Waals surface area contributed by atoms with Crippen LogP contribution in [0.15, 0.2) is 47.5 Å². The zero-order valence-electron chi connectivity index (χ0n) is 13.6. The zero-order valence-corrected chi connectivity index (χ0v) is 13.6. The van der Waals surface area contributed by atoms with E-state index < -0.39 is 11.7 Å². The molecule has 0 spiro atoms. The molecular weight excluding hydrogens is 290 g/mol. The van der Waals surface area contributed by atoms with Gasteiger partial charge in [-0.25, -0.2) is 9.79 Å². The first-order chi connectivity index (χ1) is 10.9. The van der Waals surface area contributed by atoms with Crippen LogP contribution in [0.3, 0.4) is 0 Å². The average Bonchev–Trinajstić information content (AvgIpc) is 2.93. The lowest BCUT2D eigenvalue weighted by Gasteiger charge is -2.19. The van der Waals surface area contributed by atoms with E-state index in [1.165, 1.54) is 10.8 Å². The molecule has 0 saturated carbocycles. The third kappa shape index (κ3) is 3.80. The summed E-state index contributed by atoms with van der Waals surface area (Å²) in [6.07, 6.45) is -0.497. The van der Waals surface area contributed by atoms with Crippen molar-refractivity contribution < 1.29 is 9.53 Å². The van der Waals surface area contributed by atoms with Gasteiger partial charge in [-0.2, -0.15) is 0 Å². The fraction of sp³-hybridized carbons (Fsp3) is 0.333. The predicted octanol–water partition coefficient (Wildman–Crippen LogP) is 3.36. The third-order valence-corrected chi connectivity index (χ3v) is 3.53. The number of rotatable bonds is 1. The molecule has 1 atom stereocenters. The number of fused-ring (bicyclic) bond motifs is 1. The molecule has 1 aliphatic rings. The maximum Gasteiger partial charge on any atom is 0.414 e. The summed E-state index contributed by atoms with van der Waals surface area (Å²) in [4.78, 5) is 16.3. The monoisotopic (exact) mass is 311 g/mol. The first-order valence-electron chi connectivity index (χ1n) is 7.71. The fourth-order valence-electron chi connectivity index (χ4n) is 2.52. The lowest BCUT2D eigenvalue weighted by atomic mass is 10.0. The minimum absolute atomic E-state index is 0.00968. The first kappa shape index (κ1) is 15.3. The van der Waals surface area contributed by atoms with E-state index in [9.17, 15) is 4.79 Å². The molecule has 0 aliphatic carbocycles. The minimum Gasteiger partial charge on any atom is -0.444 e. The van der Waals surface area contributed by atoms with Gasteiger partial charge in [0.1, 0.15) is 5.60 Å². The van der Waals surface area contributed by atoms with Crippen molar-refractivity contribution in [3.63, 3.8) is 0 Å². The minimum atomic E-state index is -0.527. The van der Waals surface area contributed by atoms with Gasteiger partial charge < -0.3 is 10.1 Å². The normalized spacial score (nSPS) is 17.5. The highest BCUT2D eigenvalue weighted by atomic mass is 16.6.